The zero-order valence-corrected chi connectivity index (χ0v) is 13.4. The lowest BCUT2D eigenvalue weighted by Gasteiger charge is -2.20. The van der Waals surface area contributed by atoms with Crippen molar-refractivity contribution in [3.8, 4) is 0 Å². The fourth-order valence-electron chi connectivity index (χ4n) is 2.70. The number of hydrazone groups is 1. The number of amides is 1. The highest BCUT2D eigenvalue weighted by Gasteiger charge is 2.45. The second-order valence-corrected chi connectivity index (χ2v) is 5.80. The summed E-state index contributed by atoms with van der Waals surface area (Å²) in [6.07, 6.45) is 0.0236. The highest BCUT2D eigenvalue weighted by Crippen LogP contribution is 2.38. The summed E-state index contributed by atoms with van der Waals surface area (Å²) < 4.78 is 0. The fraction of sp³-hybridized carbons (Fsp3) is 0.176. The van der Waals surface area contributed by atoms with Crippen LogP contribution in [0.4, 0.5) is 17.1 Å². The molecule has 2 aromatic carbocycles. The standard InChI is InChI=1S/C17H16N4O4/c1-11(19-20-12-6-8-13(9-7-12)21(24)25)10-17(23)14-4-2-3-5-15(14)18-16(17)22/h2-9,20,23H,10H2,1H3,(H,18,22)/b19-11+. The van der Waals surface area contributed by atoms with Crippen LogP contribution in [0.3, 0.4) is 0 Å². The third-order valence-electron chi connectivity index (χ3n) is 3.96. The number of nitrogens with zero attached hydrogens (tertiary/aromatic N) is 2. The summed E-state index contributed by atoms with van der Waals surface area (Å²) >= 11 is 0. The Kier molecular flexibility index (Phi) is 4.20. The van der Waals surface area contributed by atoms with Gasteiger partial charge in [0.25, 0.3) is 11.6 Å². The van der Waals surface area contributed by atoms with E-state index in [0.717, 1.165) is 0 Å². The van der Waals surface area contributed by atoms with Crippen LogP contribution in [0.15, 0.2) is 53.6 Å². The summed E-state index contributed by atoms with van der Waals surface area (Å²) in [6, 6.07) is 12.7. The Balaban J connectivity index is 1.73. The van der Waals surface area contributed by atoms with E-state index in [9.17, 15) is 20.0 Å². The second-order valence-electron chi connectivity index (χ2n) is 5.80. The van der Waals surface area contributed by atoms with Gasteiger partial charge in [0, 0.05) is 35.5 Å². The number of hydrogen-bond donors (Lipinski definition) is 3. The molecular formula is C17H16N4O4. The molecule has 8 heteroatoms. The number of nitro benzene ring substituents is 1. The Bertz CT molecular complexity index is 863. The van der Waals surface area contributed by atoms with Crippen molar-refractivity contribution in [2.75, 3.05) is 10.7 Å². The van der Waals surface area contributed by atoms with Crippen LogP contribution in [0.25, 0.3) is 0 Å². The minimum absolute atomic E-state index is 0.0141. The number of rotatable bonds is 5. The Morgan fingerprint density at radius 2 is 1.96 bits per heavy atom. The molecule has 1 aliphatic heterocycles. The van der Waals surface area contributed by atoms with Gasteiger partial charge in [-0.2, -0.15) is 5.10 Å². The summed E-state index contributed by atoms with van der Waals surface area (Å²) in [5.41, 5.74) is 3.26. The van der Waals surface area contributed by atoms with E-state index < -0.39 is 16.4 Å². The summed E-state index contributed by atoms with van der Waals surface area (Å²) in [5, 5.41) is 28.2. The monoisotopic (exact) mass is 340 g/mol. The predicted molar refractivity (Wildman–Crippen MR) is 93.4 cm³/mol. The Hall–Kier alpha value is -3.26. The first-order valence-electron chi connectivity index (χ1n) is 7.57. The lowest BCUT2D eigenvalue weighted by Crippen LogP contribution is -2.36. The maximum absolute atomic E-state index is 12.2. The molecule has 0 spiro atoms. The molecule has 3 N–H and O–H groups in total. The van der Waals surface area contributed by atoms with Crippen LogP contribution >= 0.6 is 0 Å². The third-order valence-corrected chi connectivity index (χ3v) is 3.96. The van der Waals surface area contributed by atoms with Crippen LogP contribution in [0.1, 0.15) is 18.9 Å². The number of benzene rings is 2. The molecule has 0 saturated carbocycles. The number of anilines is 2. The van der Waals surface area contributed by atoms with Gasteiger partial charge in [0.05, 0.1) is 10.6 Å². The minimum Gasteiger partial charge on any atom is -0.375 e. The molecule has 1 amide bonds. The summed E-state index contributed by atoms with van der Waals surface area (Å²) in [6.45, 7) is 1.69. The van der Waals surface area contributed by atoms with Crippen LogP contribution in [-0.4, -0.2) is 21.6 Å². The molecule has 1 atom stereocenters. The van der Waals surface area contributed by atoms with Crippen LogP contribution in [-0.2, 0) is 10.4 Å². The molecule has 0 aromatic heterocycles. The molecule has 1 heterocycles. The van der Waals surface area contributed by atoms with Gasteiger partial charge in [0.15, 0.2) is 5.60 Å². The molecule has 128 valence electrons. The molecule has 0 saturated heterocycles. The smallest absolute Gasteiger partial charge is 0.269 e. The average molecular weight is 340 g/mol. The van der Waals surface area contributed by atoms with Crippen molar-refractivity contribution < 1.29 is 14.8 Å². The molecule has 25 heavy (non-hydrogen) atoms. The molecule has 0 radical (unpaired) electrons. The predicted octanol–water partition coefficient (Wildman–Crippen LogP) is 2.61. The Morgan fingerprint density at radius 3 is 2.64 bits per heavy atom. The fourth-order valence-corrected chi connectivity index (χ4v) is 2.70. The van der Waals surface area contributed by atoms with Crippen LogP contribution in [0.2, 0.25) is 0 Å². The quantitative estimate of drug-likeness (QED) is 0.439. The van der Waals surface area contributed by atoms with E-state index in [-0.39, 0.29) is 12.1 Å². The van der Waals surface area contributed by atoms with Crippen molar-refractivity contribution in [2.45, 2.75) is 18.9 Å². The largest absolute Gasteiger partial charge is 0.375 e. The number of fused-ring (bicyclic) bond motifs is 1. The van der Waals surface area contributed by atoms with Gasteiger partial charge < -0.3 is 10.4 Å². The van der Waals surface area contributed by atoms with Crippen molar-refractivity contribution in [1.29, 1.82) is 0 Å². The number of carbonyl (C=O) groups excluding carboxylic acids is 1. The van der Waals surface area contributed by atoms with Gasteiger partial charge >= 0.3 is 0 Å². The molecule has 1 unspecified atom stereocenters. The van der Waals surface area contributed by atoms with E-state index in [2.05, 4.69) is 15.8 Å². The number of nitro groups is 1. The number of non-ortho nitro benzene ring substituents is 1. The topological polar surface area (TPSA) is 117 Å². The van der Waals surface area contributed by atoms with Gasteiger partial charge in [-0.1, -0.05) is 18.2 Å². The van der Waals surface area contributed by atoms with E-state index >= 15 is 0 Å². The normalized spacial score (nSPS) is 19.3. The molecule has 2 aromatic rings. The van der Waals surface area contributed by atoms with E-state index in [1.165, 1.54) is 24.3 Å². The molecule has 0 bridgehead atoms. The number of hydrogen-bond acceptors (Lipinski definition) is 6. The molecule has 3 rings (SSSR count). The highest BCUT2D eigenvalue weighted by atomic mass is 16.6. The van der Waals surface area contributed by atoms with Gasteiger partial charge in [0.2, 0.25) is 0 Å². The molecule has 0 fully saturated rings. The number of carbonyl (C=O) groups is 1. The zero-order chi connectivity index (χ0) is 18.0. The zero-order valence-electron chi connectivity index (χ0n) is 13.4. The first-order chi connectivity index (χ1) is 11.9. The van der Waals surface area contributed by atoms with Crippen molar-refractivity contribution in [2.24, 2.45) is 5.10 Å². The van der Waals surface area contributed by atoms with Gasteiger partial charge in [-0.3, -0.25) is 20.3 Å². The van der Waals surface area contributed by atoms with Gasteiger partial charge in [0.1, 0.15) is 0 Å². The molecule has 1 aliphatic rings. The number of para-hydroxylation sites is 1. The van der Waals surface area contributed by atoms with Crippen molar-refractivity contribution in [3.63, 3.8) is 0 Å². The maximum atomic E-state index is 12.2. The van der Waals surface area contributed by atoms with E-state index in [0.29, 0.717) is 22.6 Å². The van der Waals surface area contributed by atoms with E-state index in [1.54, 1.807) is 31.2 Å². The SMILES string of the molecule is C/C(CC1(O)C(=O)Nc2ccccc21)=N\Nc1ccc([N+](=O)[O-])cc1. The van der Waals surface area contributed by atoms with Gasteiger partial charge in [-0.25, -0.2) is 0 Å². The summed E-state index contributed by atoms with van der Waals surface area (Å²) in [4.78, 5) is 22.3. The van der Waals surface area contributed by atoms with Crippen molar-refractivity contribution >= 4 is 28.7 Å². The Morgan fingerprint density at radius 1 is 1.28 bits per heavy atom. The molecule has 0 aliphatic carbocycles. The average Bonchev–Trinajstić information content (AvgIpc) is 2.84. The highest BCUT2D eigenvalue weighted by molar-refractivity contribution is 6.07. The maximum Gasteiger partial charge on any atom is 0.269 e. The first-order valence-corrected chi connectivity index (χ1v) is 7.57. The summed E-state index contributed by atoms with van der Waals surface area (Å²) in [5.74, 6) is -0.487. The lowest BCUT2D eigenvalue weighted by atomic mass is 9.90. The van der Waals surface area contributed by atoms with E-state index in [1.807, 2.05) is 0 Å². The van der Waals surface area contributed by atoms with Gasteiger partial charge in [-0.05, 0) is 25.1 Å². The van der Waals surface area contributed by atoms with Crippen LogP contribution < -0.4 is 10.7 Å². The number of nitrogens with one attached hydrogen (secondary N) is 2. The van der Waals surface area contributed by atoms with E-state index in [4.69, 9.17) is 0 Å². The molecule has 8 nitrogen and oxygen atoms in total. The Labute approximate surface area is 143 Å². The minimum atomic E-state index is -1.67. The molecular weight excluding hydrogens is 324 g/mol. The van der Waals surface area contributed by atoms with Gasteiger partial charge in [-0.15, -0.1) is 0 Å². The third kappa shape index (κ3) is 3.20. The van der Waals surface area contributed by atoms with Crippen LogP contribution in [0, 0.1) is 10.1 Å². The second kappa shape index (κ2) is 6.33. The van der Waals surface area contributed by atoms with Crippen molar-refractivity contribution in [3.05, 3.63) is 64.2 Å². The summed E-state index contributed by atoms with van der Waals surface area (Å²) in [7, 11) is 0. The first kappa shape index (κ1) is 16.6. The van der Waals surface area contributed by atoms with Crippen molar-refractivity contribution in [1.82, 2.24) is 0 Å². The number of aliphatic hydroxyl groups is 1. The van der Waals surface area contributed by atoms with Crippen LogP contribution in [0.5, 0.6) is 0 Å². The lowest BCUT2D eigenvalue weighted by molar-refractivity contribution is -0.384.